The topological polar surface area (TPSA) is 42.4 Å². The van der Waals surface area contributed by atoms with Crippen LogP contribution in [0.3, 0.4) is 0 Å². The molecule has 0 saturated heterocycles. The zero-order valence-corrected chi connectivity index (χ0v) is 14.5. The van der Waals surface area contributed by atoms with Crippen molar-refractivity contribution in [2.45, 2.75) is 52.0 Å². The number of esters is 1. The average Bonchev–Trinajstić information content (AvgIpc) is 3.08. The number of aromatic nitrogens is 1. The van der Waals surface area contributed by atoms with Gasteiger partial charge in [0.05, 0.1) is 7.11 Å². The van der Waals surface area contributed by atoms with Gasteiger partial charge in [0.25, 0.3) is 0 Å². The molecule has 1 aromatic rings. The third-order valence-corrected chi connectivity index (χ3v) is 5.36. The first-order chi connectivity index (χ1) is 10.0. The zero-order chi connectivity index (χ0) is 15.4. The molecule has 1 aliphatic carbocycles. The van der Waals surface area contributed by atoms with Crippen LogP contribution in [0.25, 0.3) is 0 Å². The summed E-state index contributed by atoms with van der Waals surface area (Å²) in [7, 11) is 1.37. The molecule has 118 valence electrons. The fourth-order valence-electron chi connectivity index (χ4n) is 2.68. The van der Waals surface area contributed by atoms with E-state index in [1.165, 1.54) is 44.1 Å². The monoisotopic (exact) mass is 330 g/mol. The molecule has 1 aliphatic rings. The van der Waals surface area contributed by atoms with E-state index in [0.717, 1.165) is 18.1 Å². The maximum Gasteiger partial charge on any atom is 0.351 e. The summed E-state index contributed by atoms with van der Waals surface area (Å²) >= 11 is 7.45. The predicted octanol–water partition coefficient (Wildman–Crippen LogP) is 4.38. The molecule has 6 heteroatoms. The molecule has 0 spiro atoms. The van der Waals surface area contributed by atoms with Crippen molar-refractivity contribution in [3.05, 3.63) is 10.0 Å². The Morgan fingerprint density at radius 2 is 2.14 bits per heavy atom. The van der Waals surface area contributed by atoms with Gasteiger partial charge in [0, 0.05) is 12.6 Å². The number of hydrogen-bond acceptors (Lipinski definition) is 5. The second-order valence-electron chi connectivity index (χ2n) is 5.92. The lowest BCUT2D eigenvalue weighted by molar-refractivity contribution is 0.0606. The van der Waals surface area contributed by atoms with Gasteiger partial charge in [0.1, 0.15) is 0 Å². The summed E-state index contributed by atoms with van der Waals surface area (Å²) in [5.41, 5.74) is 0. The first kappa shape index (κ1) is 16.6. The molecule has 0 bridgehead atoms. The first-order valence-electron chi connectivity index (χ1n) is 7.54. The standard InChI is InChI=1S/C15H23ClN2O2S/c1-10(2)8-9-18(11-6-4-5-7-11)15-17-13(16)12(21-15)14(19)20-3/h10-11H,4-9H2,1-3H3. The number of rotatable bonds is 6. The molecule has 0 radical (unpaired) electrons. The SMILES string of the molecule is COC(=O)c1sc(N(CCC(C)C)C2CCCC2)nc1Cl. The Hall–Kier alpha value is -0.810. The maximum absolute atomic E-state index is 11.7. The van der Waals surface area contributed by atoms with Crippen molar-refractivity contribution in [1.29, 1.82) is 0 Å². The molecule has 0 amide bonds. The Morgan fingerprint density at radius 3 is 2.71 bits per heavy atom. The third-order valence-electron chi connectivity index (χ3n) is 3.90. The van der Waals surface area contributed by atoms with Crippen LogP contribution in [0.4, 0.5) is 5.13 Å². The van der Waals surface area contributed by atoms with Gasteiger partial charge < -0.3 is 9.64 Å². The van der Waals surface area contributed by atoms with E-state index in [-0.39, 0.29) is 5.15 Å². The molecule has 1 heterocycles. The molecule has 0 aromatic carbocycles. The van der Waals surface area contributed by atoms with Crippen molar-refractivity contribution in [3.8, 4) is 0 Å². The normalized spacial score (nSPS) is 15.7. The van der Waals surface area contributed by atoms with Crippen molar-refractivity contribution in [3.63, 3.8) is 0 Å². The number of halogens is 1. The Morgan fingerprint density at radius 1 is 1.48 bits per heavy atom. The van der Waals surface area contributed by atoms with Gasteiger partial charge in [-0.05, 0) is 25.2 Å². The number of hydrogen-bond donors (Lipinski definition) is 0. The van der Waals surface area contributed by atoms with Crippen molar-refractivity contribution in [2.75, 3.05) is 18.6 Å². The van der Waals surface area contributed by atoms with Gasteiger partial charge in [-0.15, -0.1) is 0 Å². The molecule has 0 N–H and O–H groups in total. The number of methoxy groups -OCH3 is 1. The van der Waals surface area contributed by atoms with Gasteiger partial charge in [0.15, 0.2) is 15.2 Å². The van der Waals surface area contributed by atoms with Crippen molar-refractivity contribution in [1.82, 2.24) is 4.98 Å². The zero-order valence-electron chi connectivity index (χ0n) is 12.9. The third kappa shape index (κ3) is 4.10. The largest absolute Gasteiger partial charge is 0.465 e. The number of anilines is 1. The lowest BCUT2D eigenvalue weighted by Gasteiger charge is -2.29. The van der Waals surface area contributed by atoms with Crippen LogP contribution in [0, 0.1) is 5.92 Å². The number of nitrogens with zero attached hydrogens (tertiary/aromatic N) is 2. The van der Waals surface area contributed by atoms with E-state index in [9.17, 15) is 4.79 Å². The second-order valence-corrected chi connectivity index (χ2v) is 7.26. The van der Waals surface area contributed by atoms with Gasteiger partial charge in [-0.25, -0.2) is 9.78 Å². The van der Waals surface area contributed by atoms with E-state index in [1.807, 2.05) is 0 Å². The second kappa shape index (κ2) is 7.45. The van der Waals surface area contributed by atoms with Crippen LogP contribution < -0.4 is 4.90 Å². The first-order valence-corrected chi connectivity index (χ1v) is 8.73. The number of thiazole rings is 1. The summed E-state index contributed by atoms with van der Waals surface area (Å²) in [5, 5.41) is 1.11. The smallest absolute Gasteiger partial charge is 0.351 e. The van der Waals surface area contributed by atoms with Gasteiger partial charge in [-0.1, -0.05) is 49.6 Å². The van der Waals surface area contributed by atoms with E-state index < -0.39 is 5.97 Å². The highest BCUT2D eigenvalue weighted by Crippen LogP contribution is 2.35. The van der Waals surface area contributed by atoms with Gasteiger partial charge >= 0.3 is 5.97 Å². The summed E-state index contributed by atoms with van der Waals surface area (Å²) < 4.78 is 4.76. The van der Waals surface area contributed by atoms with Gasteiger partial charge in [-0.2, -0.15) is 0 Å². The Kier molecular flexibility index (Phi) is 5.88. The minimum absolute atomic E-state index is 0.259. The molecule has 0 aliphatic heterocycles. The van der Waals surface area contributed by atoms with Crippen molar-refractivity contribution >= 4 is 34.0 Å². The number of carbonyl (C=O) groups is 1. The molecule has 0 unspecified atom stereocenters. The summed E-state index contributed by atoms with van der Waals surface area (Å²) in [6.45, 7) is 5.41. The van der Waals surface area contributed by atoms with Crippen LogP contribution in [0.5, 0.6) is 0 Å². The Balaban J connectivity index is 2.21. The highest BCUT2D eigenvalue weighted by Gasteiger charge is 2.27. The van der Waals surface area contributed by atoms with E-state index in [0.29, 0.717) is 16.8 Å². The molecule has 1 saturated carbocycles. The predicted molar refractivity (Wildman–Crippen MR) is 87.5 cm³/mol. The number of carbonyl (C=O) groups excluding carboxylic acids is 1. The minimum Gasteiger partial charge on any atom is -0.465 e. The van der Waals surface area contributed by atoms with Gasteiger partial charge in [-0.3, -0.25) is 0 Å². The van der Waals surface area contributed by atoms with Crippen molar-refractivity contribution < 1.29 is 9.53 Å². The van der Waals surface area contributed by atoms with Gasteiger partial charge in [0.2, 0.25) is 0 Å². The Bertz CT molecular complexity index is 484. The molecule has 1 fully saturated rings. The van der Waals surface area contributed by atoms with Crippen LogP contribution in [0.1, 0.15) is 55.6 Å². The fourth-order valence-corrected chi connectivity index (χ4v) is 3.98. The lowest BCUT2D eigenvalue weighted by atomic mass is 10.1. The molecule has 1 aromatic heterocycles. The summed E-state index contributed by atoms with van der Waals surface area (Å²) in [4.78, 5) is 18.9. The van der Waals surface area contributed by atoms with Crippen LogP contribution in [-0.4, -0.2) is 30.6 Å². The summed E-state index contributed by atoms with van der Waals surface area (Å²) in [6, 6.07) is 0.525. The molecule has 21 heavy (non-hydrogen) atoms. The fraction of sp³-hybridized carbons (Fsp3) is 0.733. The highest BCUT2D eigenvalue weighted by molar-refractivity contribution is 7.18. The summed E-state index contributed by atoms with van der Waals surface area (Å²) in [5.74, 6) is 0.239. The summed E-state index contributed by atoms with van der Waals surface area (Å²) in [6.07, 6.45) is 6.05. The highest BCUT2D eigenvalue weighted by atomic mass is 35.5. The van der Waals surface area contributed by atoms with Crippen LogP contribution in [0.15, 0.2) is 0 Å². The average molecular weight is 331 g/mol. The van der Waals surface area contributed by atoms with E-state index >= 15 is 0 Å². The number of ether oxygens (including phenoxy) is 1. The van der Waals surface area contributed by atoms with Crippen molar-refractivity contribution in [2.24, 2.45) is 5.92 Å². The maximum atomic E-state index is 11.7. The van der Waals surface area contributed by atoms with Crippen LogP contribution >= 0.6 is 22.9 Å². The van der Waals surface area contributed by atoms with E-state index in [1.54, 1.807) is 0 Å². The van der Waals surface area contributed by atoms with Crippen LogP contribution in [0.2, 0.25) is 5.15 Å². The lowest BCUT2D eigenvalue weighted by Crippen LogP contribution is -2.34. The molecular formula is C15H23ClN2O2S. The quantitative estimate of drug-likeness (QED) is 0.726. The minimum atomic E-state index is -0.404. The van der Waals surface area contributed by atoms with Crippen LogP contribution in [-0.2, 0) is 4.74 Å². The van der Waals surface area contributed by atoms with E-state index in [2.05, 4.69) is 23.7 Å². The van der Waals surface area contributed by atoms with E-state index in [4.69, 9.17) is 16.3 Å². The molecule has 2 rings (SSSR count). The Labute approximate surface area is 135 Å². The molecule has 0 atom stereocenters. The molecule has 4 nitrogen and oxygen atoms in total. The molecular weight excluding hydrogens is 308 g/mol.